The summed E-state index contributed by atoms with van der Waals surface area (Å²) in [5, 5.41) is 2.09. The summed E-state index contributed by atoms with van der Waals surface area (Å²) in [7, 11) is 0. The summed E-state index contributed by atoms with van der Waals surface area (Å²) in [5.41, 5.74) is 15.6. The second-order valence-electron chi connectivity index (χ2n) is 16.2. The Kier molecular flexibility index (Phi) is 7.16. The van der Waals surface area contributed by atoms with Crippen LogP contribution in [0.3, 0.4) is 0 Å². The smallest absolute Gasteiger partial charge is 0.167 e. The van der Waals surface area contributed by atoms with Gasteiger partial charge in [-0.15, -0.1) is 0 Å². The Morgan fingerprint density at radius 3 is 1.63 bits per heavy atom. The number of benzene rings is 8. The van der Waals surface area contributed by atoms with Crippen LogP contribution in [0.25, 0.3) is 78.4 Å². The highest BCUT2D eigenvalue weighted by Gasteiger charge is 2.48. The van der Waals surface area contributed by atoms with Crippen molar-refractivity contribution in [3.05, 3.63) is 221 Å². The van der Waals surface area contributed by atoms with Gasteiger partial charge in [-0.2, -0.15) is 0 Å². The van der Waals surface area contributed by atoms with Crippen molar-refractivity contribution in [1.29, 1.82) is 0 Å². The van der Waals surface area contributed by atoms with Crippen molar-refractivity contribution < 1.29 is 4.42 Å². The maximum Gasteiger partial charge on any atom is 0.167 e. The fourth-order valence-corrected chi connectivity index (χ4v) is 10.3. The maximum absolute atomic E-state index is 6.64. The number of hydrogen-bond acceptors (Lipinski definition) is 4. The molecule has 0 unspecified atom stereocenters. The molecule has 8 aromatic carbocycles. The molecule has 0 N–H and O–H groups in total. The first-order chi connectivity index (χ1) is 29.0. The molecule has 10 aromatic rings. The second kappa shape index (κ2) is 12.5. The first kappa shape index (κ1) is 33.7. The van der Waals surface area contributed by atoms with Crippen molar-refractivity contribution in [2.24, 2.45) is 0 Å². The summed E-state index contributed by atoms with van der Waals surface area (Å²) in [6.45, 7) is 4.62. The maximum atomic E-state index is 6.64. The van der Waals surface area contributed by atoms with Gasteiger partial charge in [-0.1, -0.05) is 190 Å². The van der Waals surface area contributed by atoms with E-state index in [9.17, 15) is 0 Å². The van der Waals surface area contributed by atoms with E-state index in [1.165, 1.54) is 50.1 Å². The fraction of sp³-hybridized carbons (Fsp3) is 0.0727. The SMILES string of the molecule is CC1(C)c2ccccc2-c2c(-c3nc(-c4cccc5c4C(c4ccccc4)(c4ccccc4)c4ccccc4-5)nc(-c4cccc5c4oc4ccccc45)n3)cccc21. The number of aromatic nitrogens is 3. The zero-order chi connectivity index (χ0) is 39.3. The highest BCUT2D eigenvalue weighted by atomic mass is 16.3. The van der Waals surface area contributed by atoms with Gasteiger partial charge in [0.25, 0.3) is 0 Å². The lowest BCUT2D eigenvalue weighted by molar-refractivity contribution is 0.660. The third-order valence-electron chi connectivity index (χ3n) is 12.8. The molecule has 0 spiro atoms. The van der Waals surface area contributed by atoms with Crippen LogP contribution in [0.15, 0.2) is 192 Å². The zero-order valence-electron chi connectivity index (χ0n) is 32.6. The topological polar surface area (TPSA) is 51.8 Å². The van der Waals surface area contributed by atoms with Gasteiger partial charge in [0, 0.05) is 27.3 Å². The van der Waals surface area contributed by atoms with E-state index in [1.807, 2.05) is 12.1 Å². The largest absolute Gasteiger partial charge is 0.455 e. The molecule has 0 aliphatic heterocycles. The summed E-state index contributed by atoms with van der Waals surface area (Å²) in [6.07, 6.45) is 0. The summed E-state index contributed by atoms with van der Waals surface area (Å²) in [6, 6.07) is 67.1. The number of nitrogens with zero attached hydrogens (tertiary/aromatic N) is 3. The molecule has 2 heterocycles. The number of para-hydroxylation sites is 2. The van der Waals surface area contributed by atoms with Gasteiger partial charge >= 0.3 is 0 Å². The number of furan rings is 1. The van der Waals surface area contributed by atoms with Gasteiger partial charge in [0.15, 0.2) is 17.5 Å². The highest BCUT2D eigenvalue weighted by molar-refractivity contribution is 6.09. The number of hydrogen-bond donors (Lipinski definition) is 0. The summed E-state index contributed by atoms with van der Waals surface area (Å²) in [4.78, 5) is 16.5. The predicted octanol–water partition coefficient (Wildman–Crippen LogP) is 13.4. The van der Waals surface area contributed by atoms with Crippen LogP contribution in [0.4, 0.5) is 0 Å². The monoisotopic (exact) mass is 755 g/mol. The van der Waals surface area contributed by atoms with Crippen LogP contribution in [-0.2, 0) is 10.8 Å². The zero-order valence-corrected chi connectivity index (χ0v) is 32.6. The van der Waals surface area contributed by atoms with Gasteiger partial charge in [0.2, 0.25) is 0 Å². The molecule has 2 aliphatic carbocycles. The molecule has 2 aliphatic rings. The molecule has 0 amide bonds. The average molecular weight is 756 g/mol. The first-order valence-corrected chi connectivity index (χ1v) is 20.3. The average Bonchev–Trinajstić information content (AvgIpc) is 3.91. The molecule has 0 fully saturated rings. The third kappa shape index (κ3) is 4.69. The van der Waals surface area contributed by atoms with Crippen molar-refractivity contribution in [3.8, 4) is 56.4 Å². The standard InChI is InChI=1S/C55H37N3O/c1-54(2)44-30-12-10-24-40(44)48-41(27-17-32-46(48)54)51-56-52(58-53(57-51)43-29-16-26-39-37-23-11-14-33-47(37)59-50(39)43)42-28-15-25-38-36-22-9-13-31-45(36)55(49(38)42,34-18-5-3-6-19-34)35-20-7-4-8-21-35/h3-33H,1-2H3. The van der Waals surface area contributed by atoms with E-state index in [-0.39, 0.29) is 5.41 Å². The predicted molar refractivity (Wildman–Crippen MR) is 238 cm³/mol. The lowest BCUT2D eigenvalue weighted by atomic mass is 9.66. The van der Waals surface area contributed by atoms with E-state index in [0.29, 0.717) is 17.5 Å². The van der Waals surface area contributed by atoms with Gasteiger partial charge in [0.1, 0.15) is 11.2 Å². The Balaban J connectivity index is 1.20. The van der Waals surface area contributed by atoms with Gasteiger partial charge in [-0.05, 0) is 67.8 Å². The number of fused-ring (bicyclic) bond motifs is 9. The van der Waals surface area contributed by atoms with E-state index < -0.39 is 5.41 Å². The van der Waals surface area contributed by atoms with E-state index in [1.54, 1.807) is 0 Å². The van der Waals surface area contributed by atoms with Gasteiger partial charge < -0.3 is 4.42 Å². The van der Waals surface area contributed by atoms with Crippen LogP contribution in [-0.4, -0.2) is 15.0 Å². The molecule has 4 heteroatoms. The molecule has 0 saturated heterocycles. The van der Waals surface area contributed by atoms with E-state index in [4.69, 9.17) is 19.4 Å². The van der Waals surface area contributed by atoms with Crippen molar-refractivity contribution >= 4 is 21.9 Å². The molecule has 0 saturated carbocycles. The van der Waals surface area contributed by atoms with Crippen LogP contribution in [0.5, 0.6) is 0 Å². The van der Waals surface area contributed by atoms with Crippen LogP contribution < -0.4 is 0 Å². The van der Waals surface area contributed by atoms with Crippen molar-refractivity contribution in [2.45, 2.75) is 24.7 Å². The quantitative estimate of drug-likeness (QED) is 0.176. The molecular formula is C55H37N3O. The minimum Gasteiger partial charge on any atom is -0.455 e. The Bertz CT molecular complexity index is 3270. The van der Waals surface area contributed by atoms with Crippen LogP contribution in [0.2, 0.25) is 0 Å². The molecule has 2 aromatic heterocycles. The summed E-state index contributed by atoms with van der Waals surface area (Å²) < 4.78 is 6.64. The molecule has 0 radical (unpaired) electrons. The molecule has 0 atom stereocenters. The summed E-state index contributed by atoms with van der Waals surface area (Å²) in [5.74, 6) is 1.80. The second-order valence-corrected chi connectivity index (χ2v) is 16.2. The van der Waals surface area contributed by atoms with Crippen LogP contribution in [0.1, 0.15) is 47.2 Å². The Morgan fingerprint density at radius 2 is 0.864 bits per heavy atom. The lowest BCUT2D eigenvalue weighted by Crippen LogP contribution is -2.29. The molecule has 4 nitrogen and oxygen atoms in total. The minimum atomic E-state index is -0.645. The molecular weight excluding hydrogens is 719 g/mol. The van der Waals surface area contributed by atoms with E-state index >= 15 is 0 Å². The van der Waals surface area contributed by atoms with E-state index in [2.05, 4.69) is 190 Å². The van der Waals surface area contributed by atoms with Crippen molar-refractivity contribution in [2.75, 3.05) is 0 Å². The molecule has 12 rings (SSSR count). The van der Waals surface area contributed by atoms with Gasteiger partial charge in [0.05, 0.1) is 11.0 Å². The molecule has 0 bridgehead atoms. The summed E-state index contributed by atoms with van der Waals surface area (Å²) >= 11 is 0. The van der Waals surface area contributed by atoms with Gasteiger partial charge in [-0.3, -0.25) is 0 Å². The Morgan fingerprint density at radius 1 is 0.373 bits per heavy atom. The van der Waals surface area contributed by atoms with Gasteiger partial charge in [-0.25, -0.2) is 15.0 Å². The fourth-order valence-electron chi connectivity index (χ4n) is 10.3. The van der Waals surface area contributed by atoms with Crippen LogP contribution >= 0.6 is 0 Å². The van der Waals surface area contributed by atoms with Crippen molar-refractivity contribution in [1.82, 2.24) is 15.0 Å². The molecule has 59 heavy (non-hydrogen) atoms. The minimum absolute atomic E-state index is 0.183. The highest BCUT2D eigenvalue weighted by Crippen LogP contribution is 2.59. The Hall–Kier alpha value is -7.43. The third-order valence-corrected chi connectivity index (χ3v) is 12.8. The number of rotatable bonds is 5. The normalized spacial score (nSPS) is 14.2. The Labute approximate surface area is 342 Å². The molecule has 278 valence electrons. The first-order valence-electron chi connectivity index (χ1n) is 20.3. The van der Waals surface area contributed by atoms with Crippen molar-refractivity contribution in [3.63, 3.8) is 0 Å². The lowest BCUT2D eigenvalue weighted by Gasteiger charge is -2.35. The van der Waals surface area contributed by atoms with Crippen LogP contribution in [0, 0.1) is 0 Å². The van der Waals surface area contributed by atoms with E-state index in [0.717, 1.165) is 44.2 Å².